The first-order valence-corrected chi connectivity index (χ1v) is 5.80. The SMILES string of the molecule is CC(C)c1cc(Oc2ccc3cc2-3)ccc1O. The highest BCUT2D eigenvalue weighted by Crippen LogP contribution is 2.45. The average molecular weight is 226 g/mol. The molecule has 2 aliphatic rings. The third kappa shape index (κ3) is 1.76. The summed E-state index contributed by atoms with van der Waals surface area (Å²) in [5.74, 6) is 2.29. The van der Waals surface area contributed by atoms with Crippen molar-refractivity contribution < 1.29 is 9.84 Å². The lowest BCUT2D eigenvalue weighted by Gasteiger charge is -2.11. The van der Waals surface area contributed by atoms with E-state index < -0.39 is 0 Å². The highest BCUT2D eigenvalue weighted by atomic mass is 16.5. The average Bonchev–Trinajstić information content (AvgIpc) is 2.98. The van der Waals surface area contributed by atoms with Crippen LogP contribution in [0.15, 0.2) is 36.4 Å². The molecule has 0 amide bonds. The van der Waals surface area contributed by atoms with E-state index in [0.29, 0.717) is 5.75 Å². The number of aromatic hydroxyl groups is 1. The van der Waals surface area contributed by atoms with Crippen molar-refractivity contribution in [3.05, 3.63) is 42.0 Å². The summed E-state index contributed by atoms with van der Waals surface area (Å²) in [6.45, 7) is 4.10. The maximum atomic E-state index is 9.73. The normalized spacial score (nSPS) is 11.7. The molecule has 0 saturated carbocycles. The van der Waals surface area contributed by atoms with Gasteiger partial charge in [0.15, 0.2) is 0 Å². The molecule has 1 aromatic rings. The number of hydrogen-bond acceptors (Lipinski definition) is 2. The van der Waals surface area contributed by atoms with Crippen LogP contribution in [-0.2, 0) is 0 Å². The van der Waals surface area contributed by atoms with Crippen molar-refractivity contribution in [2.45, 2.75) is 19.8 Å². The lowest BCUT2D eigenvalue weighted by molar-refractivity contribution is 0.455. The first-order valence-electron chi connectivity index (χ1n) is 5.80. The number of rotatable bonds is 3. The van der Waals surface area contributed by atoms with E-state index in [1.54, 1.807) is 12.1 Å². The van der Waals surface area contributed by atoms with Gasteiger partial charge in [0, 0.05) is 11.1 Å². The van der Waals surface area contributed by atoms with E-state index in [1.165, 1.54) is 11.1 Å². The first-order chi connectivity index (χ1) is 8.15. The fourth-order valence-corrected chi connectivity index (χ4v) is 2.00. The molecular formula is C15H14O2. The molecule has 0 saturated heterocycles. The van der Waals surface area contributed by atoms with Gasteiger partial charge in [0.25, 0.3) is 0 Å². The van der Waals surface area contributed by atoms with Crippen LogP contribution < -0.4 is 4.74 Å². The van der Waals surface area contributed by atoms with Gasteiger partial charge in [-0.05, 0) is 41.8 Å². The molecule has 2 aliphatic carbocycles. The number of ether oxygens (including phenoxy) is 1. The molecule has 0 radical (unpaired) electrons. The van der Waals surface area contributed by atoms with Gasteiger partial charge < -0.3 is 9.84 Å². The van der Waals surface area contributed by atoms with Crippen molar-refractivity contribution in [2.75, 3.05) is 0 Å². The number of benzene rings is 2. The van der Waals surface area contributed by atoms with Crippen LogP contribution in [0.4, 0.5) is 0 Å². The summed E-state index contributed by atoms with van der Waals surface area (Å²) >= 11 is 0. The third-order valence-corrected chi connectivity index (χ3v) is 3.06. The Kier molecular flexibility index (Phi) is 2.11. The van der Waals surface area contributed by atoms with E-state index in [0.717, 1.165) is 17.1 Å². The summed E-state index contributed by atoms with van der Waals surface area (Å²) in [6.07, 6.45) is 0. The standard InChI is InChI=1S/C15H14O2/c1-9(2)12-8-11(4-5-14(12)16)17-15-6-3-10-7-13(10)15/h3-9,16H,1-2H3. The summed E-state index contributed by atoms with van der Waals surface area (Å²) in [4.78, 5) is 0. The topological polar surface area (TPSA) is 29.5 Å². The van der Waals surface area contributed by atoms with Gasteiger partial charge in [0.05, 0.1) is 0 Å². The molecule has 0 fully saturated rings. The van der Waals surface area contributed by atoms with Gasteiger partial charge in [0.1, 0.15) is 17.2 Å². The Bertz CT molecular complexity index is 585. The van der Waals surface area contributed by atoms with Crippen LogP contribution in [0.25, 0.3) is 11.1 Å². The highest BCUT2D eigenvalue weighted by Gasteiger charge is 2.19. The van der Waals surface area contributed by atoms with Crippen molar-refractivity contribution in [3.63, 3.8) is 0 Å². The molecule has 0 atom stereocenters. The zero-order chi connectivity index (χ0) is 12.0. The molecular weight excluding hydrogens is 212 g/mol. The molecule has 3 rings (SSSR count). The number of phenols is 1. The van der Waals surface area contributed by atoms with Crippen LogP contribution in [0.1, 0.15) is 25.3 Å². The van der Waals surface area contributed by atoms with Gasteiger partial charge >= 0.3 is 0 Å². The van der Waals surface area contributed by atoms with Crippen molar-refractivity contribution in [1.29, 1.82) is 0 Å². The molecule has 86 valence electrons. The Morgan fingerprint density at radius 1 is 1.06 bits per heavy atom. The molecule has 2 nitrogen and oxygen atoms in total. The molecule has 0 bridgehead atoms. The number of phenolic OH excluding ortho intramolecular Hbond substituents is 1. The van der Waals surface area contributed by atoms with Crippen LogP contribution in [0.2, 0.25) is 0 Å². The minimum absolute atomic E-state index is 0.282. The summed E-state index contributed by atoms with van der Waals surface area (Å²) in [7, 11) is 0. The van der Waals surface area contributed by atoms with Gasteiger partial charge in [-0.25, -0.2) is 0 Å². The Morgan fingerprint density at radius 3 is 2.47 bits per heavy atom. The van der Waals surface area contributed by atoms with E-state index in [-0.39, 0.29) is 5.92 Å². The first kappa shape index (κ1) is 10.2. The minimum atomic E-state index is 0.282. The van der Waals surface area contributed by atoms with E-state index >= 15 is 0 Å². The van der Waals surface area contributed by atoms with Gasteiger partial charge in [-0.15, -0.1) is 0 Å². The molecule has 1 N–H and O–H groups in total. The number of hydrogen-bond donors (Lipinski definition) is 1. The molecule has 1 aromatic carbocycles. The fraction of sp³-hybridized carbons (Fsp3) is 0.200. The van der Waals surface area contributed by atoms with E-state index in [1.807, 2.05) is 12.1 Å². The fourth-order valence-electron chi connectivity index (χ4n) is 2.00. The van der Waals surface area contributed by atoms with Gasteiger partial charge in [-0.2, -0.15) is 0 Å². The van der Waals surface area contributed by atoms with E-state index in [9.17, 15) is 5.11 Å². The Hall–Kier alpha value is -1.96. The van der Waals surface area contributed by atoms with Gasteiger partial charge in [-0.3, -0.25) is 0 Å². The molecule has 2 heteroatoms. The zero-order valence-corrected chi connectivity index (χ0v) is 9.90. The Balaban J connectivity index is 1.89. The predicted octanol–water partition coefficient (Wildman–Crippen LogP) is 4.29. The molecule has 17 heavy (non-hydrogen) atoms. The molecule has 0 heterocycles. The van der Waals surface area contributed by atoms with Crippen LogP contribution in [0.3, 0.4) is 0 Å². The third-order valence-electron chi connectivity index (χ3n) is 3.06. The summed E-state index contributed by atoms with van der Waals surface area (Å²) in [6, 6.07) is 11.5. The van der Waals surface area contributed by atoms with E-state index in [4.69, 9.17) is 4.74 Å². The Labute approximate surface area is 100 Å². The Morgan fingerprint density at radius 2 is 1.88 bits per heavy atom. The lowest BCUT2D eigenvalue weighted by Crippen LogP contribution is -1.90. The molecule has 0 aliphatic heterocycles. The quantitative estimate of drug-likeness (QED) is 0.722. The van der Waals surface area contributed by atoms with E-state index in [2.05, 4.69) is 26.0 Å². The predicted molar refractivity (Wildman–Crippen MR) is 67.7 cm³/mol. The second-order valence-corrected chi connectivity index (χ2v) is 4.69. The van der Waals surface area contributed by atoms with Gasteiger partial charge in [0.2, 0.25) is 0 Å². The summed E-state index contributed by atoms with van der Waals surface area (Å²) < 4.78 is 5.80. The highest BCUT2D eigenvalue weighted by molar-refractivity contribution is 5.87. The van der Waals surface area contributed by atoms with Crippen molar-refractivity contribution in [3.8, 4) is 28.4 Å². The van der Waals surface area contributed by atoms with Crippen molar-refractivity contribution in [2.24, 2.45) is 0 Å². The van der Waals surface area contributed by atoms with Crippen molar-refractivity contribution in [1.82, 2.24) is 0 Å². The van der Waals surface area contributed by atoms with Crippen LogP contribution >= 0.6 is 0 Å². The summed E-state index contributed by atoms with van der Waals surface area (Å²) in [5.41, 5.74) is 3.38. The lowest BCUT2D eigenvalue weighted by atomic mass is 10.0. The monoisotopic (exact) mass is 226 g/mol. The second kappa shape index (κ2) is 3.52. The second-order valence-electron chi connectivity index (χ2n) is 4.69. The van der Waals surface area contributed by atoms with Crippen LogP contribution in [-0.4, -0.2) is 5.11 Å². The summed E-state index contributed by atoms with van der Waals surface area (Å²) in [5, 5.41) is 9.73. The molecule has 0 aromatic heterocycles. The minimum Gasteiger partial charge on any atom is -0.508 e. The maximum absolute atomic E-state index is 9.73. The largest absolute Gasteiger partial charge is 0.508 e. The molecule has 0 spiro atoms. The maximum Gasteiger partial charge on any atom is 0.135 e. The van der Waals surface area contributed by atoms with Crippen LogP contribution in [0, 0.1) is 0 Å². The number of fused-ring (bicyclic) bond motifs is 1. The smallest absolute Gasteiger partial charge is 0.135 e. The van der Waals surface area contributed by atoms with Gasteiger partial charge in [-0.1, -0.05) is 19.9 Å². The van der Waals surface area contributed by atoms with Crippen LogP contribution in [0.5, 0.6) is 17.2 Å². The molecule has 0 unspecified atom stereocenters. The zero-order valence-electron chi connectivity index (χ0n) is 9.90. The van der Waals surface area contributed by atoms with Crippen molar-refractivity contribution >= 4 is 0 Å².